The number of fused-ring (bicyclic) bond motifs is 1. The second kappa shape index (κ2) is 9.98. The second-order valence-electron chi connectivity index (χ2n) is 5.43. The molecule has 1 aromatic heterocycles. The zero-order chi connectivity index (χ0) is 15.4. The van der Waals surface area contributed by atoms with Crippen LogP contribution in [0.15, 0.2) is 23.0 Å². The lowest BCUT2D eigenvalue weighted by atomic mass is 10.2. The summed E-state index contributed by atoms with van der Waals surface area (Å²) in [5, 5.41) is 3.47. The van der Waals surface area contributed by atoms with Crippen molar-refractivity contribution in [2.45, 2.75) is 20.4 Å². The Morgan fingerprint density at radius 2 is 1.65 bits per heavy atom. The van der Waals surface area contributed by atoms with Gasteiger partial charge in [0.2, 0.25) is 0 Å². The largest absolute Gasteiger partial charge is 0.328 e. The summed E-state index contributed by atoms with van der Waals surface area (Å²) >= 11 is 0. The number of nitrogens with zero attached hydrogens (tertiary/aromatic N) is 3. The van der Waals surface area contributed by atoms with E-state index < -0.39 is 0 Å². The van der Waals surface area contributed by atoms with Crippen molar-refractivity contribution in [1.29, 1.82) is 0 Å². The number of aryl methyl sites for hydroxylation is 2. The van der Waals surface area contributed by atoms with Gasteiger partial charge in [-0.1, -0.05) is 19.9 Å². The Balaban J connectivity index is 0.00000242. The van der Waals surface area contributed by atoms with Crippen molar-refractivity contribution in [3.63, 3.8) is 0 Å². The first-order valence-electron chi connectivity index (χ1n) is 7.65. The van der Waals surface area contributed by atoms with Crippen molar-refractivity contribution >= 4 is 35.8 Å². The molecule has 1 N–H and O–H groups in total. The number of hydrogen-bond donors (Lipinski definition) is 1. The van der Waals surface area contributed by atoms with E-state index in [1.165, 1.54) is 5.56 Å². The molecule has 0 unspecified atom stereocenters. The number of halogens is 2. The average molecular weight is 363 g/mol. The van der Waals surface area contributed by atoms with Crippen LogP contribution < -0.4 is 11.0 Å². The first kappa shape index (κ1) is 22.0. The third-order valence-corrected chi connectivity index (χ3v) is 4.16. The van der Waals surface area contributed by atoms with E-state index in [-0.39, 0.29) is 30.5 Å². The SMILES string of the molecule is CCN(CC)CCNCc1ccc2c(c1)n(C)c(=O)n2C.Cl.Cl. The average Bonchev–Trinajstić information content (AvgIpc) is 2.72. The quantitative estimate of drug-likeness (QED) is 0.767. The highest BCUT2D eigenvalue weighted by Crippen LogP contribution is 2.13. The maximum absolute atomic E-state index is 11.9. The Morgan fingerprint density at radius 3 is 2.26 bits per heavy atom. The zero-order valence-electron chi connectivity index (χ0n) is 14.3. The van der Waals surface area contributed by atoms with Gasteiger partial charge >= 0.3 is 5.69 Å². The van der Waals surface area contributed by atoms with Gasteiger partial charge in [0.05, 0.1) is 11.0 Å². The van der Waals surface area contributed by atoms with Crippen LogP contribution in [0.1, 0.15) is 19.4 Å². The van der Waals surface area contributed by atoms with Crippen LogP contribution in [0.3, 0.4) is 0 Å². The molecule has 1 heterocycles. The first-order chi connectivity index (χ1) is 10.1. The molecule has 5 nitrogen and oxygen atoms in total. The standard InChI is InChI=1S/C16H26N4O.2ClH/c1-5-20(6-2)10-9-17-12-13-7-8-14-15(11-13)19(4)16(21)18(14)3;;/h7-8,11,17H,5-6,9-10,12H2,1-4H3;2*1H. The van der Waals surface area contributed by atoms with Gasteiger partial charge in [0.15, 0.2) is 0 Å². The molecule has 0 fully saturated rings. The lowest BCUT2D eigenvalue weighted by Gasteiger charge is -2.18. The van der Waals surface area contributed by atoms with Gasteiger partial charge in [-0.3, -0.25) is 9.13 Å². The Morgan fingerprint density at radius 1 is 1.04 bits per heavy atom. The zero-order valence-corrected chi connectivity index (χ0v) is 16.0. The molecular weight excluding hydrogens is 335 g/mol. The molecule has 0 saturated heterocycles. The van der Waals surface area contributed by atoms with Gasteiger partial charge in [-0.15, -0.1) is 24.8 Å². The monoisotopic (exact) mass is 362 g/mol. The molecule has 0 amide bonds. The van der Waals surface area contributed by atoms with Gasteiger partial charge in [0.25, 0.3) is 0 Å². The minimum Gasteiger partial charge on any atom is -0.311 e. The molecule has 23 heavy (non-hydrogen) atoms. The number of aromatic nitrogens is 2. The molecule has 0 spiro atoms. The van der Waals surface area contributed by atoms with Gasteiger partial charge in [-0.05, 0) is 30.8 Å². The van der Waals surface area contributed by atoms with E-state index in [0.717, 1.165) is 43.8 Å². The van der Waals surface area contributed by atoms with Crippen LogP contribution in [-0.4, -0.2) is 40.2 Å². The van der Waals surface area contributed by atoms with Crippen LogP contribution in [0.25, 0.3) is 11.0 Å². The van der Waals surface area contributed by atoms with Crippen LogP contribution >= 0.6 is 24.8 Å². The third kappa shape index (κ3) is 4.98. The summed E-state index contributed by atoms with van der Waals surface area (Å²) in [4.78, 5) is 14.3. The van der Waals surface area contributed by atoms with Crippen molar-refractivity contribution in [3.8, 4) is 0 Å². The molecule has 0 atom stereocenters. The fourth-order valence-corrected chi connectivity index (χ4v) is 2.67. The van der Waals surface area contributed by atoms with Crippen LogP contribution in [0, 0.1) is 0 Å². The fourth-order valence-electron chi connectivity index (χ4n) is 2.67. The summed E-state index contributed by atoms with van der Waals surface area (Å²) < 4.78 is 3.39. The summed E-state index contributed by atoms with van der Waals surface area (Å²) in [7, 11) is 3.63. The lowest BCUT2D eigenvalue weighted by molar-refractivity contribution is 0.302. The highest BCUT2D eigenvalue weighted by atomic mass is 35.5. The maximum atomic E-state index is 11.9. The van der Waals surface area contributed by atoms with E-state index in [0.29, 0.717) is 0 Å². The van der Waals surface area contributed by atoms with Crippen LogP contribution in [0.4, 0.5) is 0 Å². The van der Waals surface area contributed by atoms with Crippen molar-refractivity contribution < 1.29 is 0 Å². The lowest BCUT2D eigenvalue weighted by Crippen LogP contribution is -2.31. The van der Waals surface area contributed by atoms with E-state index in [1.54, 1.807) is 9.13 Å². The van der Waals surface area contributed by atoms with Crippen LogP contribution in [0.2, 0.25) is 0 Å². The van der Waals surface area contributed by atoms with Crippen LogP contribution in [0.5, 0.6) is 0 Å². The smallest absolute Gasteiger partial charge is 0.311 e. The molecule has 0 aliphatic carbocycles. The third-order valence-electron chi connectivity index (χ3n) is 4.16. The van der Waals surface area contributed by atoms with Gasteiger partial charge < -0.3 is 10.2 Å². The van der Waals surface area contributed by atoms with E-state index in [4.69, 9.17) is 0 Å². The highest BCUT2D eigenvalue weighted by molar-refractivity contribution is 5.85. The van der Waals surface area contributed by atoms with Gasteiger partial charge in [0, 0.05) is 33.7 Å². The Hall–Kier alpha value is -1.01. The Bertz CT molecular complexity index is 662. The van der Waals surface area contributed by atoms with Crippen molar-refractivity contribution in [3.05, 3.63) is 34.2 Å². The molecule has 0 aliphatic heterocycles. The molecule has 0 radical (unpaired) electrons. The molecule has 0 aliphatic rings. The summed E-state index contributed by atoms with van der Waals surface area (Å²) in [6.07, 6.45) is 0. The first-order valence-corrected chi connectivity index (χ1v) is 7.65. The minimum atomic E-state index is 0. The summed E-state index contributed by atoms with van der Waals surface area (Å²) in [5.74, 6) is 0. The number of benzene rings is 1. The minimum absolute atomic E-state index is 0. The predicted molar refractivity (Wildman–Crippen MR) is 102 cm³/mol. The fraction of sp³-hybridized carbons (Fsp3) is 0.562. The van der Waals surface area contributed by atoms with Gasteiger partial charge in [-0.25, -0.2) is 4.79 Å². The number of rotatable bonds is 7. The molecule has 1 aromatic carbocycles. The van der Waals surface area contributed by atoms with Gasteiger partial charge in [0.1, 0.15) is 0 Å². The maximum Gasteiger partial charge on any atom is 0.328 e. The summed E-state index contributed by atoms with van der Waals surface area (Å²) in [6.45, 7) is 9.44. The summed E-state index contributed by atoms with van der Waals surface area (Å²) in [6, 6.07) is 6.21. The van der Waals surface area contributed by atoms with Crippen molar-refractivity contribution in [2.24, 2.45) is 14.1 Å². The van der Waals surface area contributed by atoms with E-state index >= 15 is 0 Å². The van der Waals surface area contributed by atoms with Crippen LogP contribution in [-0.2, 0) is 20.6 Å². The number of imidazole rings is 1. The summed E-state index contributed by atoms with van der Waals surface area (Å²) in [5.41, 5.74) is 3.21. The van der Waals surface area contributed by atoms with E-state index in [1.807, 2.05) is 20.2 Å². The number of nitrogens with one attached hydrogen (secondary N) is 1. The number of hydrogen-bond acceptors (Lipinski definition) is 3. The Kier molecular flexibility index (Phi) is 9.54. The topological polar surface area (TPSA) is 42.2 Å². The highest BCUT2D eigenvalue weighted by Gasteiger charge is 2.07. The number of likely N-dealkylation sites (N-methyl/N-ethyl adjacent to an activating group) is 1. The van der Waals surface area contributed by atoms with E-state index in [2.05, 4.69) is 36.2 Å². The molecule has 2 rings (SSSR count). The second-order valence-corrected chi connectivity index (χ2v) is 5.43. The molecular formula is C16H28Cl2N4O. The molecule has 7 heteroatoms. The molecule has 0 bridgehead atoms. The van der Waals surface area contributed by atoms with Crippen molar-refractivity contribution in [1.82, 2.24) is 19.4 Å². The Labute approximate surface area is 150 Å². The molecule has 132 valence electrons. The normalized spacial score (nSPS) is 10.7. The molecule has 0 saturated carbocycles. The van der Waals surface area contributed by atoms with E-state index in [9.17, 15) is 4.79 Å². The van der Waals surface area contributed by atoms with Crippen molar-refractivity contribution in [2.75, 3.05) is 26.2 Å². The predicted octanol–water partition coefficient (Wildman–Crippen LogP) is 2.15. The van der Waals surface area contributed by atoms with Gasteiger partial charge in [-0.2, -0.15) is 0 Å². The molecule has 2 aromatic rings.